The Balaban J connectivity index is 1.58. The van der Waals surface area contributed by atoms with E-state index >= 15 is 14.4 Å². The number of alkyl halides is 3. The highest BCUT2D eigenvalue weighted by atomic mass is 35.5. The fourth-order valence-corrected chi connectivity index (χ4v) is 13.3. The Morgan fingerprint density at radius 1 is 0.660 bits per heavy atom. The summed E-state index contributed by atoms with van der Waals surface area (Å²) in [4.78, 5) is 187. The molecular weight excluding hydrogens is 1250 g/mol. The molecule has 2 N–H and O–H groups in total. The van der Waals surface area contributed by atoms with Gasteiger partial charge in [0.1, 0.15) is 47.8 Å². The number of rotatable bonds is 9. The monoisotopic (exact) mass is 1350 g/mol. The third kappa shape index (κ3) is 19.1. The molecule has 3 saturated heterocycles. The minimum Gasteiger partial charge on any atom is -0.343 e. The second kappa shape index (κ2) is 33.6. The Labute approximate surface area is 557 Å². The third-order valence-electron chi connectivity index (χ3n) is 19.8. The minimum atomic E-state index is -4.76. The highest BCUT2D eigenvalue weighted by Crippen LogP contribution is 2.36. The fourth-order valence-electron chi connectivity index (χ4n) is 13.0. The van der Waals surface area contributed by atoms with E-state index in [9.17, 15) is 56.3 Å². The quantitative estimate of drug-likeness (QED) is 0.351. The van der Waals surface area contributed by atoms with E-state index in [0.29, 0.717) is 38.8 Å². The summed E-state index contributed by atoms with van der Waals surface area (Å²) in [5.41, 5.74) is -2.52. The smallest absolute Gasteiger partial charge is 0.343 e. The Bertz CT molecular complexity index is 2940. The van der Waals surface area contributed by atoms with Gasteiger partial charge < -0.3 is 59.6 Å². The first-order chi connectivity index (χ1) is 43.9. The summed E-state index contributed by atoms with van der Waals surface area (Å²) < 4.78 is 41.4. The normalized spacial score (nSPS) is 26.1. The van der Waals surface area contributed by atoms with Gasteiger partial charge in [0.15, 0.2) is 0 Å². The summed E-state index contributed by atoms with van der Waals surface area (Å²) in [7, 11) is 11.0. The molecule has 526 valence electrons. The van der Waals surface area contributed by atoms with Crippen molar-refractivity contribution in [2.75, 3.05) is 95.6 Å². The van der Waals surface area contributed by atoms with Crippen molar-refractivity contribution in [1.29, 1.82) is 0 Å². The number of likely N-dealkylation sites (tertiary alicyclic amines) is 1. The van der Waals surface area contributed by atoms with Gasteiger partial charge in [0, 0.05) is 76.0 Å². The molecule has 4 fully saturated rings. The summed E-state index contributed by atoms with van der Waals surface area (Å²) in [6, 6.07) is -5.79. The third-order valence-corrected chi connectivity index (χ3v) is 20.1. The second-order valence-electron chi connectivity index (χ2n) is 27.2. The maximum Gasteiger partial charge on any atom is 0.417 e. The molecule has 4 aliphatic rings. The van der Waals surface area contributed by atoms with Gasteiger partial charge in [-0.25, -0.2) is 0 Å². The molecule has 1 aliphatic carbocycles. The molecule has 1 aromatic carbocycles. The van der Waals surface area contributed by atoms with Gasteiger partial charge >= 0.3 is 6.18 Å². The van der Waals surface area contributed by atoms with Crippen molar-refractivity contribution in [2.45, 2.75) is 199 Å². The van der Waals surface area contributed by atoms with E-state index in [-0.39, 0.29) is 43.7 Å². The Morgan fingerprint density at radius 2 is 1.26 bits per heavy atom. The molecule has 1 saturated carbocycles. The lowest BCUT2D eigenvalue weighted by Gasteiger charge is -2.43. The predicted molar refractivity (Wildman–Crippen MR) is 346 cm³/mol. The number of hydrogen-bond donors (Lipinski definition) is 2. The van der Waals surface area contributed by atoms with Crippen LogP contribution in [0.5, 0.6) is 0 Å². The van der Waals surface area contributed by atoms with E-state index in [4.69, 9.17) is 11.6 Å². The number of carbonyl (C=O) groups is 12. The number of carbonyl (C=O) groups excluding carboxylic acids is 12. The molecule has 0 bridgehead atoms. The van der Waals surface area contributed by atoms with Gasteiger partial charge in [-0.2, -0.15) is 13.2 Å². The summed E-state index contributed by atoms with van der Waals surface area (Å²) in [5.74, 6) is -9.27. The van der Waals surface area contributed by atoms with Crippen molar-refractivity contribution in [2.24, 2.45) is 17.8 Å². The van der Waals surface area contributed by atoms with Crippen LogP contribution in [0.25, 0.3) is 0 Å². The average molecular weight is 1350 g/mol. The number of halogens is 4. The maximum atomic E-state index is 15.1. The maximum absolute atomic E-state index is 15.1. The van der Waals surface area contributed by atoms with Gasteiger partial charge in [0.25, 0.3) is 0 Å². The van der Waals surface area contributed by atoms with E-state index in [1.807, 2.05) is 0 Å². The molecule has 0 spiro atoms. The van der Waals surface area contributed by atoms with Crippen molar-refractivity contribution in [3.8, 4) is 0 Å². The lowest BCUT2D eigenvalue weighted by Crippen LogP contribution is -2.64. The number of hydrogen-bond acceptors (Lipinski definition) is 12. The van der Waals surface area contributed by atoms with Crippen molar-refractivity contribution in [1.82, 2.24) is 59.6 Å². The number of piperidine rings is 1. The van der Waals surface area contributed by atoms with E-state index in [1.165, 1.54) is 103 Å². The largest absolute Gasteiger partial charge is 0.417 e. The van der Waals surface area contributed by atoms with Crippen LogP contribution < -0.4 is 10.6 Å². The molecular formula is C66H102ClF3N12O12. The zero-order chi connectivity index (χ0) is 70.6. The molecule has 5 rings (SSSR count). The van der Waals surface area contributed by atoms with E-state index in [2.05, 4.69) is 10.6 Å². The van der Waals surface area contributed by atoms with Crippen LogP contribution in [0.1, 0.15) is 149 Å². The summed E-state index contributed by atoms with van der Waals surface area (Å²) in [6.07, 6.45) is 1.92. The lowest BCUT2D eigenvalue weighted by atomic mass is 9.84. The van der Waals surface area contributed by atoms with Crippen molar-refractivity contribution < 1.29 is 70.7 Å². The Morgan fingerprint density at radius 3 is 1.84 bits per heavy atom. The van der Waals surface area contributed by atoms with Gasteiger partial charge in [-0.15, -0.1) is 0 Å². The van der Waals surface area contributed by atoms with Crippen LogP contribution in [0.2, 0.25) is 5.02 Å². The summed E-state index contributed by atoms with van der Waals surface area (Å²) in [5, 5.41) is 4.92. The molecule has 1 aromatic rings. The van der Waals surface area contributed by atoms with Crippen LogP contribution in [-0.4, -0.2) is 263 Å². The molecule has 94 heavy (non-hydrogen) atoms. The molecule has 28 heteroatoms. The first-order valence-electron chi connectivity index (χ1n) is 33.0. The van der Waals surface area contributed by atoms with Crippen LogP contribution in [-0.2, 0) is 70.1 Å². The van der Waals surface area contributed by atoms with Crippen LogP contribution in [0, 0.1) is 17.8 Å². The van der Waals surface area contributed by atoms with Crippen LogP contribution in [0.4, 0.5) is 13.2 Å². The van der Waals surface area contributed by atoms with Gasteiger partial charge in [-0.3, -0.25) is 57.5 Å². The van der Waals surface area contributed by atoms with Gasteiger partial charge in [0.2, 0.25) is 70.9 Å². The number of fused-ring (bicyclic) bond motifs is 1. The van der Waals surface area contributed by atoms with Crippen LogP contribution in [0.15, 0.2) is 18.2 Å². The van der Waals surface area contributed by atoms with Crippen molar-refractivity contribution in [3.63, 3.8) is 0 Å². The highest BCUT2D eigenvalue weighted by molar-refractivity contribution is 6.31. The molecule has 0 radical (unpaired) electrons. The highest BCUT2D eigenvalue weighted by Gasteiger charge is 2.48. The van der Waals surface area contributed by atoms with Crippen molar-refractivity contribution >= 4 is 82.5 Å². The Kier molecular flexibility index (Phi) is 27.7. The summed E-state index contributed by atoms with van der Waals surface area (Å²) in [6.45, 7) is 10.4. The van der Waals surface area contributed by atoms with E-state index < -0.39 is 173 Å². The molecule has 3 heterocycles. The Hall–Kier alpha value is -7.06. The number of nitrogens with one attached hydrogen (secondary N) is 2. The van der Waals surface area contributed by atoms with Gasteiger partial charge in [-0.1, -0.05) is 83.9 Å². The molecule has 8 atom stereocenters. The van der Waals surface area contributed by atoms with Crippen molar-refractivity contribution in [3.05, 3.63) is 34.3 Å². The van der Waals surface area contributed by atoms with Gasteiger partial charge in [0.05, 0.1) is 36.6 Å². The second-order valence-corrected chi connectivity index (χ2v) is 27.6. The van der Waals surface area contributed by atoms with E-state index in [0.717, 1.165) is 75.2 Å². The van der Waals surface area contributed by atoms with Crippen LogP contribution >= 0.6 is 11.6 Å². The average Bonchev–Trinajstić information content (AvgIpc) is 1.02. The lowest BCUT2D eigenvalue weighted by molar-refractivity contribution is -0.160. The fraction of sp³-hybridized carbons (Fsp3) is 0.727. The number of likely N-dealkylation sites (N-methyl/N-ethyl adjacent to an activating group) is 8. The van der Waals surface area contributed by atoms with Gasteiger partial charge in [-0.05, 0) is 108 Å². The molecule has 3 aliphatic heterocycles. The zero-order valence-corrected chi connectivity index (χ0v) is 58.5. The number of benzene rings is 1. The minimum absolute atomic E-state index is 0.0175. The summed E-state index contributed by atoms with van der Waals surface area (Å²) >= 11 is 6.12. The topological polar surface area (TPSA) is 261 Å². The zero-order valence-electron chi connectivity index (χ0n) is 57.7. The molecule has 12 amide bonds. The number of amides is 12. The van der Waals surface area contributed by atoms with E-state index in [1.54, 1.807) is 32.6 Å². The van der Waals surface area contributed by atoms with Crippen LogP contribution in [0.3, 0.4) is 0 Å². The first-order valence-corrected chi connectivity index (χ1v) is 33.4. The number of aryl methyl sites for hydroxylation is 1. The SMILES string of the molecule is CC[C@H](C)[C@@H]1NC(=O)[C@H](C)N(C)C(=O)C[C@@H](C(=O)N2CCCCC2)N(C)C(=O)[C@H](C(C)C)N(C)C(=O)C(C)(C)N(C)C(=O)C2CCCN2C(=O)[C@H](CCc2ccc(C(F)(F)F)c(Cl)c2)NC(=O)CN(C)C(=O)[C@H](CC2CCCCC2)N(C)C(=O)CN(C)C(=O)CN(C)C1=O. The first kappa shape index (κ1) is 77.6. The molecule has 24 nitrogen and oxygen atoms in total. The molecule has 0 aromatic heterocycles. The predicted octanol–water partition coefficient (Wildman–Crippen LogP) is 4.28. The number of nitrogens with zero attached hydrogens (tertiary/aromatic N) is 10. The standard InChI is InChI=1S/C66H102ClF3N12O12/c1-16-41(4)55-62(92)75(10)38-53(85)73(8)39-54(86)77(12)49(35-43-24-19-17-20-25-43)59(89)74(9)37-51(83)71-47(30-28-44-27-29-45(46(67)34-44)66(68,69)70)58(88)82-33-23-26-48(82)60(90)80(15)65(6,7)64(94)79(14)56(40(2)3)63(93)78(13)50(61(91)81-31-21-18-22-32-81)36-52(84)76(11)42(5)57(87)72-55/h27,29,34,40-43,47-50,55-56H,16-26,28,30-33,35-39H2,1-15H3,(H,71,83)(H,72,87)/t41-,42-,47-,48?,49-,50-,55-,56-/m0/s1. The molecule has 1 unspecified atom stereocenters.